The van der Waals surface area contributed by atoms with Crippen molar-refractivity contribution in [1.82, 2.24) is 30.3 Å². The average molecular weight is 388 g/mol. The highest BCUT2D eigenvalue weighted by molar-refractivity contribution is 7.13. The third kappa shape index (κ3) is 4.40. The third-order valence-electron chi connectivity index (χ3n) is 4.11. The number of halogens is 3. The number of aromatic nitrogens is 3. The number of amides is 1. The van der Waals surface area contributed by atoms with Gasteiger partial charge in [0.15, 0.2) is 0 Å². The summed E-state index contributed by atoms with van der Waals surface area (Å²) in [5.74, 6) is -0.610. The highest BCUT2D eigenvalue weighted by Crippen LogP contribution is 2.25. The molecular formula is C15H19F3N6OS. The number of alkyl halides is 3. The lowest BCUT2D eigenvalue weighted by atomic mass is 10.2. The Balaban J connectivity index is 1.64. The van der Waals surface area contributed by atoms with Crippen LogP contribution >= 0.6 is 11.3 Å². The summed E-state index contributed by atoms with van der Waals surface area (Å²) in [7, 11) is 1.76. The molecule has 0 radical (unpaired) electrons. The summed E-state index contributed by atoms with van der Waals surface area (Å²) in [5, 5.41) is 11.6. The number of aryl methyl sites for hydroxylation is 1. The van der Waals surface area contributed by atoms with E-state index in [1.54, 1.807) is 24.1 Å². The second kappa shape index (κ2) is 7.72. The van der Waals surface area contributed by atoms with Gasteiger partial charge in [0, 0.05) is 56.9 Å². The van der Waals surface area contributed by atoms with Crippen LogP contribution in [0, 0.1) is 0 Å². The van der Waals surface area contributed by atoms with Crippen molar-refractivity contribution in [1.29, 1.82) is 0 Å². The van der Waals surface area contributed by atoms with Crippen LogP contribution in [-0.4, -0.2) is 70.5 Å². The fourth-order valence-electron chi connectivity index (χ4n) is 2.77. The third-order valence-corrected chi connectivity index (χ3v) is 5.01. The molecule has 2 aromatic heterocycles. The van der Waals surface area contributed by atoms with E-state index < -0.39 is 24.7 Å². The van der Waals surface area contributed by atoms with Crippen molar-refractivity contribution in [2.75, 3.05) is 32.7 Å². The molecule has 2 N–H and O–H groups in total. The standard InChI is InChI=1S/C15H19F3N6OS/c1-23-8-10(6-21-23)14-22-11(9-26-14)13(25)20-7-12(15(16,17)18)24-4-2-19-3-5-24/h6,8-9,12,19H,2-5,7H2,1H3,(H,20,25). The summed E-state index contributed by atoms with van der Waals surface area (Å²) < 4.78 is 41.7. The smallest absolute Gasteiger partial charge is 0.349 e. The Morgan fingerprint density at radius 1 is 1.42 bits per heavy atom. The molecule has 0 spiro atoms. The summed E-state index contributed by atoms with van der Waals surface area (Å²) in [5.41, 5.74) is 0.862. The number of nitrogens with one attached hydrogen (secondary N) is 2. The lowest BCUT2D eigenvalue weighted by Crippen LogP contribution is -2.57. The number of piperazine rings is 1. The van der Waals surface area contributed by atoms with Gasteiger partial charge < -0.3 is 10.6 Å². The van der Waals surface area contributed by atoms with Gasteiger partial charge >= 0.3 is 6.18 Å². The quantitative estimate of drug-likeness (QED) is 0.803. The van der Waals surface area contributed by atoms with Crippen molar-refractivity contribution >= 4 is 17.2 Å². The molecule has 26 heavy (non-hydrogen) atoms. The number of hydrogen-bond donors (Lipinski definition) is 2. The number of nitrogens with zero attached hydrogens (tertiary/aromatic N) is 4. The van der Waals surface area contributed by atoms with E-state index in [0.717, 1.165) is 5.56 Å². The van der Waals surface area contributed by atoms with E-state index in [1.807, 2.05) is 0 Å². The van der Waals surface area contributed by atoms with Gasteiger partial charge in [-0.15, -0.1) is 11.3 Å². The summed E-state index contributed by atoms with van der Waals surface area (Å²) in [6.07, 6.45) is -1.04. The van der Waals surface area contributed by atoms with E-state index in [4.69, 9.17) is 0 Å². The molecule has 1 aliphatic heterocycles. The van der Waals surface area contributed by atoms with Crippen molar-refractivity contribution in [3.8, 4) is 10.6 Å². The molecule has 0 bridgehead atoms. The first-order valence-corrected chi connectivity index (χ1v) is 8.97. The lowest BCUT2D eigenvalue weighted by Gasteiger charge is -2.35. The molecule has 0 saturated carbocycles. The molecule has 1 aliphatic rings. The molecule has 1 atom stereocenters. The molecule has 142 valence electrons. The van der Waals surface area contributed by atoms with Crippen LogP contribution in [-0.2, 0) is 7.05 Å². The van der Waals surface area contributed by atoms with Gasteiger partial charge in [-0.3, -0.25) is 14.4 Å². The fourth-order valence-corrected chi connectivity index (χ4v) is 3.54. The second-order valence-electron chi connectivity index (χ2n) is 5.99. The minimum Gasteiger partial charge on any atom is -0.349 e. The number of carbonyl (C=O) groups excluding carboxylic acids is 1. The van der Waals surface area contributed by atoms with Crippen molar-refractivity contribution in [3.05, 3.63) is 23.5 Å². The number of hydrogen-bond acceptors (Lipinski definition) is 6. The summed E-state index contributed by atoms with van der Waals surface area (Å²) in [6.45, 7) is 1.09. The highest BCUT2D eigenvalue weighted by Gasteiger charge is 2.43. The zero-order valence-corrected chi connectivity index (χ0v) is 14.9. The second-order valence-corrected chi connectivity index (χ2v) is 6.85. The molecule has 0 aliphatic carbocycles. The minimum atomic E-state index is -4.41. The van der Waals surface area contributed by atoms with Crippen LogP contribution in [0.15, 0.2) is 17.8 Å². The Labute approximate surface area is 152 Å². The van der Waals surface area contributed by atoms with Crippen LogP contribution in [0.5, 0.6) is 0 Å². The molecular weight excluding hydrogens is 369 g/mol. The van der Waals surface area contributed by atoms with Crippen molar-refractivity contribution in [2.24, 2.45) is 7.05 Å². The number of carbonyl (C=O) groups is 1. The lowest BCUT2D eigenvalue weighted by molar-refractivity contribution is -0.183. The largest absolute Gasteiger partial charge is 0.405 e. The molecule has 3 heterocycles. The van der Waals surface area contributed by atoms with Gasteiger partial charge in [0.2, 0.25) is 0 Å². The maximum Gasteiger partial charge on any atom is 0.405 e. The van der Waals surface area contributed by atoms with Crippen molar-refractivity contribution < 1.29 is 18.0 Å². The Morgan fingerprint density at radius 3 is 2.77 bits per heavy atom. The van der Waals surface area contributed by atoms with Gasteiger partial charge in [0.25, 0.3) is 5.91 Å². The average Bonchev–Trinajstić information content (AvgIpc) is 3.23. The zero-order chi connectivity index (χ0) is 18.7. The summed E-state index contributed by atoms with van der Waals surface area (Å²) in [6, 6.07) is -1.70. The maximum absolute atomic E-state index is 13.3. The maximum atomic E-state index is 13.3. The number of thiazole rings is 1. The monoisotopic (exact) mass is 388 g/mol. The first-order chi connectivity index (χ1) is 12.3. The van der Waals surface area contributed by atoms with Crippen LogP contribution in [0.3, 0.4) is 0 Å². The van der Waals surface area contributed by atoms with E-state index in [9.17, 15) is 18.0 Å². The van der Waals surface area contributed by atoms with Gasteiger partial charge in [-0.25, -0.2) is 4.98 Å². The van der Waals surface area contributed by atoms with E-state index >= 15 is 0 Å². The Bertz CT molecular complexity index is 753. The Kier molecular flexibility index (Phi) is 5.58. The first kappa shape index (κ1) is 18.8. The zero-order valence-electron chi connectivity index (χ0n) is 14.1. The first-order valence-electron chi connectivity index (χ1n) is 8.09. The summed E-state index contributed by atoms with van der Waals surface area (Å²) >= 11 is 1.25. The number of rotatable bonds is 5. The Hall–Kier alpha value is -1.98. The van der Waals surface area contributed by atoms with E-state index in [-0.39, 0.29) is 5.69 Å². The molecule has 11 heteroatoms. The van der Waals surface area contributed by atoms with Crippen LogP contribution < -0.4 is 10.6 Å². The van der Waals surface area contributed by atoms with Gasteiger partial charge in [-0.2, -0.15) is 18.3 Å². The normalized spacial score (nSPS) is 17.2. The highest BCUT2D eigenvalue weighted by atomic mass is 32.1. The fraction of sp³-hybridized carbons (Fsp3) is 0.533. The van der Waals surface area contributed by atoms with Crippen LogP contribution in [0.1, 0.15) is 10.5 Å². The van der Waals surface area contributed by atoms with E-state index in [0.29, 0.717) is 31.2 Å². The van der Waals surface area contributed by atoms with E-state index in [1.165, 1.54) is 21.6 Å². The molecule has 1 amide bonds. The molecule has 1 fully saturated rings. The molecule has 2 aromatic rings. The predicted octanol–water partition coefficient (Wildman–Crippen LogP) is 1.11. The van der Waals surface area contributed by atoms with Crippen LogP contribution in [0.2, 0.25) is 0 Å². The predicted molar refractivity (Wildman–Crippen MR) is 90.9 cm³/mol. The molecule has 1 saturated heterocycles. The Morgan fingerprint density at radius 2 is 2.15 bits per heavy atom. The molecule has 7 nitrogen and oxygen atoms in total. The van der Waals surface area contributed by atoms with Gasteiger partial charge in [0.1, 0.15) is 16.7 Å². The van der Waals surface area contributed by atoms with Gasteiger partial charge in [-0.1, -0.05) is 0 Å². The van der Waals surface area contributed by atoms with Crippen LogP contribution in [0.4, 0.5) is 13.2 Å². The van der Waals surface area contributed by atoms with E-state index in [2.05, 4.69) is 20.7 Å². The SMILES string of the molecule is Cn1cc(-c2nc(C(=O)NCC(N3CCNCC3)C(F)(F)F)cs2)cn1. The van der Waals surface area contributed by atoms with Gasteiger partial charge in [0.05, 0.1) is 6.20 Å². The van der Waals surface area contributed by atoms with Crippen molar-refractivity contribution in [2.45, 2.75) is 12.2 Å². The molecule has 1 unspecified atom stereocenters. The molecule has 0 aromatic carbocycles. The van der Waals surface area contributed by atoms with Gasteiger partial charge in [-0.05, 0) is 0 Å². The molecule has 3 rings (SSSR count). The minimum absolute atomic E-state index is 0.107. The van der Waals surface area contributed by atoms with Crippen LogP contribution in [0.25, 0.3) is 10.6 Å². The topological polar surface area (TPSA) is 75.1 Å². The van der Waals surface area contributed by atoms with Crippen molar-refractivity contribution in [3.63, 3.8) is 0 Å². The summed E-state index contributed by atoms with van der Waals surface area (Å²) in [4.78, 5) is 17.8.